The molecule has 0 amide bonds. The molecule has 25 heavy (non-hydrogen) atoms. The molecule has 1 heterocycles. The zero-order chi connectivity index (χ0) is 18.0. The first-order chi connectivity index (χ1) is 11.9. The van der Waals surface area contributed by atoms with Crippen LogP contribution in [-0.4, -0.2) is 27.2 Å². The van der Waals surface area contributed by atoms with Gasteiger partial charge in [0.15, 0.2) is 0 Å². The van der Waals surface area contributed by atoms with Gasteiger partial charge in [0.1, 0.15) is 12.1 Å². The second kappa shape index (κ2) is 6.98. The lowest BCUT2D eigenvalue weighted by Gasteiger charge is -2.24. The largest absolute Gasteiger partial charge is 0.423 e. The van der Waals surface area contributed by atoms with Crippen LogP contribution in [0.15, 0.2) is 51.7 Å². The molecule has 0 unspecified atom stereocenters. The summed E-state index contributed by atoms with van der Waals surface area (Å²) in [6.07, 6.45) is 0. The van der Waals surface area contributed by atoms with Crippen LogP contribution in [0.2, 0.25) is 0 Å². The van der Waals surface area contributed by atoms with Crippen molar-refractivity contribution in [2.45, 2.75) is 20.4 Å². The Morgan fingerprint density at radius 2 is 1.88 bits per heavy atom. The Morgan fingerprint density at radius 3 is 2.64 bits per heavy atom. The van der Waals surface area contributed by atoms with E-state index in [-0.39, 0.29) is 11.0 Å². The van der Waals surface area contributed by atoms with Crippen molar-refractivity contribution in [3.05, 3.63) is 58.4 Å². The molecule has 3 rings (SSSR count). The summed E-state index contributed by atoms with van der Waals surface area (Å²) in [6.45, 7) is 7.50. The Bertz CT molecular complexity index is 941. The first-order valence-electron chi connectivity index (χ1n) is 8.91. The summed E-state index contributed by atoms with van der Waals surface area (Å²) in [5, 5.41) is 5.68. The molecule has 0 spiro atoms. The van der Waals surface area contributed by atoms with Crippen molar-refractivity contribution in [3.8, 4) is 0 Å². The van der Waals surface area contributed by atoms with Gasteiger partial charge in [-0.25, -0.2) is 4.79 Å². The quantitative estimate of drug-likeness (QED) is 0.523. The van der Waals surface area contributed by atoms with Crippen molar-refractivity contribution in [2.24, 2.45) is 5.41 Å². The van der Waals surface area contributed by atoms with Gasteiger partial charge in [0, 0.05) is 17.0 Å². The van der Waals surface area contributed by atoms with Crippen molar-refractivity contribution >= 4 is 21.7 Å². The Labute approximate surface area is 148 Å². The van der Waals surface area contributed by atoms with Gasteiger partial charge >= 0.3 is 5.63 Å². The van der Waals surface area contributed by atoms with Gasteiger partial charge in [-0.15, -0.1) is 0 Å². The molecule has 0 atom stereocenters. The Balaban J connectivity index is 1.93. The van der Waals surface area contributed by atoms with Crippen LogP contribution < -0.4 is 15.8 Å². The van der Waals surface area contributed by atoms with E-state index in [1.165, 1.54) is 10.3 Å². The van der Waals surface area contributed by atoms with E-state index in [9.17, 15) is 4.79 Å². The minimum atomic E-state index is -0.275. The maximum atomic E-state index is 12.0. The zero-order valence-corrected chi connectivity index (χ0v) is 15.6. The van der Waals surface area contributed by atoms with Crippen LogP contribution in [0.1, 0.15) is 19.4 Å². The average molecular weight is 340 g/mol. The van der Waals surface area contributed by atoms with Crippen molar-refractivity contribution in [3.63, 3.8) is 0 Å². The van der Waals surface area contributed by atoms with Crippen LogP contribution >= 0.6 is 0 Å². The standard InChI is InChI=1S/C21H26N2O2/c1-21(2,14-23(3)4)13-22-12-16-11-19(24)25-18-10-9-15-7-5-6-8-17(15)20(16)18/h5-11,22H,12-14H2,1-4H3/p+2. The number of fused-ring (bicyclic) bond motifs is 3. The Morgan fingerprint density at radius 1 is 1.12 bits per heavy atom. The highest BCUT2D eigenvalue weighted by atomic mass is 16.4. The second-order valence-electron chi connectivity index (χ2n) is 8.00. The molecule has 4 heteroatoms. The number of nitrogens with one attached hydrogen (secondary N) is 1. The molecule has 4 nitrogen and oxygen atoms in total. The fraction of sp³-hybridized carbons (Fsp3) is 0.381. The Hall–Kier alpha value is -2.17. The zero-order valence-electron chi connectivity index (χ0n) is 15.6. The van der Waals surface area contributed by atoms with E-state index in [1.807, 2.05) is 24.3 Å². The molecule has 1 aromatic heterocycles. The third-order valence-electron chi connectivity index (χ3n) is 4.61. The van der Waals surface area contributed by atoms with E-state index < -0.39 is 0 Å². The maximum absolute atomic E-state index is 12.0. The van der Waals surface area contributed by atoms with Gasteiger partial charge in [-0.2, -0.15) is 0 Å². The Kier molecular flexibility index (Phi) is 4.93. The van der Waals surface area contributed by atoms with Crippen LogP contribution in [0.3, 0.4) is 0 Å². The van der Waals surface area contributed by atoms with E-state index in [0.29, 0.717) is 5.58 Å². The number of hydrogen-bond donors (Lipinski definition) is 2. The summed E-state index contributed by atoms with van der Waals surface area (Å²) in [7, 11) is 4.37. The van der Waals surface area contributed by atoms with Gasteiger partial charge in [0.05, 0.1) is 32.6 Å². The lowest BCUT2D eigenvalue weighted by Crippen LogP contribution is -3.08. The van der Waals surface area contributed by atoms with Crippen LogP contribution in [0.25, 0.3) is 21.7 Å². The van der Waals surface area contributed by atoms with E-state index in [4.69, 9.17) is 4.42 Å². The maximum Gasteiger partial charge on any atom is 0.336 e. The molecule has 3 aromatic rings. The molecular weight excluding hydrogens is 312 g/mol. The van der Waals surface area contributed by atoms with E-state index >= 15 is 0 Å². The smallest absolute Gasteiger partial charge is 0.336 e. The number of hydrogen-bond acceptors (Lipinski definition) is 2. The highest BCUT2D eigenvalue weighted by Crippen LogP contribution is 2.26. The molecule has 0 fully saturated rings. The fourth-order valence-electron chi connectivity index (χ4n) is 3.83. The monoisotopic (exact) mass is 340 g/mol. The number of benzene rings is 2. The topological polar surface area (TPSA) is 51.3 Å². The van der Waals surface area contributed by atoms with Crippen LogP contribution in [0, 0.1) is 5.41 Å². The SMILES string of the molecule is C[NH+](C)CC(C)(C)C[NH2+]Cc1cc(=O)oc2ccc3ccccc3c12. The van der Waals surface area contributed by atoms with Crippen molar-refractivity contribution in [1.82, 2.24) is 0 Å². The molecule has 0 bridgehead atoms. The minimum Gasteiger partial charge on any atom is -0.423 e. The fourth-order valence-corrected chi connectivity index (χ4v) is 3.83. The summed E-state index contributed by atoms with van der Waals surface area (Å²) < 4.78 is 5.44. The molecule has 2 aromatic carbocycles. The number of quaternary nitrogens is 2. The molecule has 0 radical (unpaired) electrons. The third-order valence-corrected chi connectivity index (χ3v) is 4.61. The molecule has 0 saturated heterocycles. The van der Waals surface area contributed by atoms with E-state index in [1.54, 1.807) is 6.07 Å². The van der Waals surface area contributed by atoms with Crippen LogP contribution in [-0.2, 0) is 6.54 Å². The summed E-state index contributed by atoms with van der Waals surface area (Å²) >= 11 is 0. The van der Waals surface area contributed by atoms with Gasteiger partial charge in [-0.3, -0.25) is 0 Å². The molecule has 3 N–H and O–H groups in total. The highest BCUT2D eigenvalue weighted by Gasteiger charge is 2.24. The summed E-state index contributed by atoms with van der Waals surface area (Å²) in [4.78, 5) is 13.4. The normalized spacial score (nSPS) is 12.4. The molecule has 0 saturated carbocycles. The van der Waals surface area contributed by atoms with Gasteiger partial charge in [-0.1, -0.05) is 30.3 Å². The van der Waals surface area contributed by atoms with E-state index in [0.717, 1.165) is 36.0 Å². The predicted octanol–water partition coefficient (Wildman–Crippen LogP) is 1.18. The summed E-state index contributed by atoms with van der Waals surface area (Å²) in [6, 6.07) is 13.8. The van der Waals surface area contributed by atoms with Crippen LogP contribution in [0.5, 0.6) is 0 Å². The lowest BCUT2D eigenvalue weighted by molar-refractivity contribution is -0.868. The molecular formula is C21H28N2O2+2. The van der Waals surface area contributed by atoms with Gasteiger partial charge in [-0.05, 0) is 30.7 Å². The second-order valence-corrected chi connectivity index (χ2v) is 8.00. The predicted molar refractivity (Wildman–Crippen MR) is 102 cm³/mol. The van der Waals surface area contributed by atoms with Crippen LogP contribution in [0.4, 0.5) is 0 Å². The third kappa shape index (κ3) is 4.09. The van der Waals surface area contributed by atoms with Crippen molar-refractivity contribution < 1.29 is 14.6 Å². The number of rotatable bonds is 6. The van der Waals surface area contributed by atoms with Crippen molar-refractivity contribution in [2.75, 3.05) is 27.2 Å². The van der Waals surface area contributed by atoms with E-state index in [2.05, 4.69) is 45.4 Å². The highest BCUT2D eigenvalue weighted by molar-refractivity contribution is 6.06. The van der Waals surface area contributed by atoms with Crippen molar-refractivity contribution in [1.29, 1.82) is 0 Å². The van der Waals surface area contributed by atoms with Gasteiger partial charge in [0.25, 0.3) is 0 Å². The molecule has 0 aliphatic carbocycles. The molecule has 132 valence electrons. The first-order valence-corrected chi connectivity index (χ1v) is 8.91. The first kappa shape index (κ1) is 17.6. The molecule has 0 aliphatic heterocycles. The van der Waals surface area contributed by atoms with Gasteiger partial charge in [0.2, 0.25) is 0 Å². The number of nitrogens with two attached hydrogens (primary N) is 1. The average Bonchev–Trinajstić information content (AvgIpc) is 2.52. The lowest BCUT2D eigenvalue weighted by atomic mass is 9.92. The summed E-state index contributed by atoms with van der Waals surface area (Å²) in [5.41, 5.74) is 1.70. The van der Waals surface area contributed by atoms with Gasteiger partial charge < -0.3 is 14.6 Å². The summed E-state index contributed by atoms with van der Waals surface area (Å²) in [5.74, 6) is 0. The molecule has 0 aliphatic rings. The minimum absolute atomic E-state index is 0.246.